The van der Waals surface area contributed by atoms with E-state index in [0.717, 1.165) is 25.6 Å². The molecule has 0 radical (unpaired) electrons. The molecular weight excluding hydrogens is 408 g/mol. The zero-order valence-electron chi connectivity index (χ0n) is 16.3. The molecule has 1 saturated heterocycles. The number of aromatic hydroxyl groups is 1. The van der Waals surface area contributed by atoms with E-state index >= 15 is 0 Å². The fourth-order valence-corrected chi connectivity index (χ4v) is 4.06. The number of hydrogen-bond donors (Lipinski definition) is 2. The number of carbonyl (C=O) groups excluding carboxylic acids is 1. The normalized spacial score (nSPS) is 17.6. The topological polar surface area (TPSA) is 105 Å². The fraction of sp³-hybridized carbons (Fsp3) is 0.611. The second-order valence-corrected chi connectivity index (χ2v) is 8.75. The molecule has 2 N–H and O–H groups in total. The molecule has 1 aliphatic rings. The average Bonchev–Trinajstić information content (AvgIpc) is 3.07. The van der Waals surface area contributed by atoms with E-state index in [1.54, 1.807) is 6.07 Å². The zero-order valence-corrected chi connectivity index (χ0v) is 17.9. The van der Waals surface area contributed by atoms with Crippen molar-refractivity contribution >= 4 is 27.6 Å². The minimum Gasteiger partial charge on any atom is -0.507 e. The lowest BCUT2D eigenvalue weighted by molar-refractivity contribution is 0.0933. The first-order chi connectivity index (χ1) is 13.2. The lowest BCUT2D eigenvalue weighted by Gasteiger charge is -2.24. The van der Waals surface area contributed by atoms with Gasteiger partial charge < -0.3 is 15.2 Å². The number of nitrogens with one attached hydrogen (secondary N) is 1. The Labute approximate surface area is 170 Å². The summed E-state index contributed by atoms with van der Waals surface area (Å²) in [6.07, 6.45) is 3.36. The second kappa shape index (κ2) is 9.78. The number of ether oxygens (including phenoxy) is 1. The molecule has 28 heavy (non-hydrogen) atoms. The standard InChI is InChI=1S/C18H27ClN2O6S/c1-4-12-10-14(19)17(26-2)15(16(12)22)18(23)20-11-13-6-5-7-21(13)8-9-27-28(3,24)25/h10,13,22H,4-9,11H2,1-3H3,(H,20,23)/t13-/m0/s1. The number of halogens is 1. The first kappa shape index (κ1) is 22.7. The second-order valence-electron chi connectivity index (χ2n) is 6.70. The molecule has 1 heterocycles. The molecule has 0 unspecified atom stereocenters. The molecule has 0 aromatic heterocycles. The van der Waals surface area contributed by atoms with Crippen molar-refractivity contribution in [2.45, 2.75) is 32.2 Å². The van der Waals surface area contributed by atoms with Gasteiger partial charge in [-0.05, 0) is 37.4 Å². The number of phenols is 1. The van der Waals surface area contributed by atoms with E-state index in [1.165, 1.54) is 7.11 Å². The van der Waals surface area contributed by atoms with Crippen molar-refractivity contribution < 1.29 is 27.2 Å². The SMILES string of the molecule is CCc1cc(Cl)c(OC)c(C(=O)NC[C@@H]2CCCN2CCOS(C)(=O)=O)c1O. The Morgan fingerprint density at radius 3 is 2.79 bits per heavy atom. The molecule has 1 amide bonds. The number of nitrogens with zero attached hydrogens (tertiary/aromatic N) is 1. The van der Waals surface area contributed by atoms with Crippen LogP contribution in [0.1, 0.15) is 35.7 Å². The van der Waals surface area contributed by atoms with Crippen molar-refractivity contribution in [3.05, 3.63) is 22.2 Å². The minimum atomic E-state index is -3.47. The molecule has 1 aliphatic heterocycles. The Kier molecular flexibility index (Phi) is 7.94. The van der Waals surface area contributed by atoms with Crippen molar-refractivity contribution in [2.75, 3.05) is 39.6 Å². The first-order valence-electron chi connectivity index (χ1n) is 9.12. The number of benzene rings is 1. The van der Waals surface area contributed by atoms with Crippen molar-refractivity contribution in [1.82, 2.24) is 10.2 Å². The number of carbonyl (C=O) groups is 1. The Morgan fingerprint density at radius 2 is 2.18 bits per heavy atom. The van der Waals surface area contributed by atoms with Crippen LogP contribution in [-0.4, -0.2) is 70.0 Å². The summed E-state index contributed by atoms with van der Waals surface area (Å²) in [5, 5.41) is 13.5. The molecule has 1 atom stereocenters. The van der Waals surface area contributed by atoms with Gasteiger partial charge in [0.2, 0.25) is 0 Å². The third-order valence-electron chi connectivity index (χ3n) is 4.77. The van der Waals surface area contributed by atoms with Gasteiger partial charge in [-0.3, -0.25) is 13.9 Å². The number of rotatable bonds is 9. The van der Waals surface area contributed by atoms with E-state index in [1.807, 2.05) is 6.92 Å². The van der Waals surface area contributed by atoms with Crippen LogP contribution in [0.2, 0.25) is 5.02 Å². The van der Waals surface area contributed by atoms with Crippen LogP contribution in [-0.2, 0) is 20.7 Å². The van der Waals surface area contributed by atoms with Crippen molar-refractivity contribution in [1.29, 1.82) is 0 Å². The monoisotopic (exact) mass is 434 g/mol. The van der Waals surface area contributed by atoms with Gasteiger partial charge >= 0.3 is 0 Å². The van der Waals surface area contributed by atoms with Crippen LogP contribution in [0.15, 0.2) is 6.07 Å². The number of aryl methyl sites for hydroxylation is 1. The molecular formula is C18H27ClN2O6S. The smallest absolute Gasteiger partial charge is 0.264 e. The highest BCUT2D eigenvalue weighted by Gasteiger charge is 2.27. The lowest BCUT2D eigenvalue weighted by atomic mass is 10.0. The summed E-state index contributed by atoms with van der Waals surface area (Å²) in [6.45, 7) is 3.55. The van der Waals surface area contributed by atoms with E-state index in [0.29, 0.717) is 25.1 Å². The van der Waals surface area contributed by atoms with Crippen molar-refractivity contribution in [3.63, 3.8) is 0 Å². The van der Waals surface area contributed by atoms with Gasteiger partial charge in [-0.25, -0.2) is 0 Å². The molecule has 10 heteroatoms. The molecule has 0 aliphatic carbocycles. The maximum absolute atomic E-state index is 12.7. The van der Waals surface area contributed by atoms with Gasteiger partial charge in [0.05, 0.1) is 25.0 Å². The lowest BCUT2D eigenvalue weighted by Crippen LogP contribution is -2.41. The molecule has 1 fully saturated rings. The average molecular weight is 435 g/mol. The summed E-state index contributed by atoms with van der Waals surface area (Å²) in [5.41, 5.74) is 0.591. The van der Waals surface area contributed by atoms with Crippen LogP contribution in [0.5, 0.6) is 11.5 Å². The molecule has 0 spiro atoms. The largest absolute Gasteiger partial charge is 0.507 e. The molecule has 158 valence electrons. The summed E-state index contributed by atoms with van der Waals surface area (Å²) in [5.74, 6) is -0.462. The summed E-state index contributed by atoms with van der Waals surface area (Å²) in [7, 11) is -2.08. The molecule has 0 bridgehead atoms. The molecule has 1 aromatic rings. The Hall–Kier alpha value is -1.55. The van der Waals surface area contributed by atoms with Gasteiger partial charge in [0.15, 0.2) is 5.75 Å². The number of amides is 1. The number of likely N-dealkylation sites (tertiary alicyclic amines) is 1. The van der Waals surface area contributed by atoms with E-state index in [9.17, 15) is 18.3 Å². The van der Waals surface area contributed by atoms with Gasteiger partial charge in [-0.15, -0.1) is 0 Å². The fourth-order valence-electron chi connectivity index (χ4n) is 3.38. The van der Waals surface area contributed by atoms with Gasteiger partial charge in [0.25, 0.3) is 16.0 Å². The summed E-state index contributed by atoms with van der Waals surface area (Å²) in [4.78, 5) is 14.8. The predicted octanol–water partition coefficient (Wildman–Crippen LogP) is 1.79. The first-order valence-corrected chi connectivity index (χ1v) is 11.3. The van der Waals surface area contributed by atoms with E-state index < -0.39 is 16.0 Å². The van der Waals surface area contributed by atoms with Crippen molar-refractivity contribution in [2.24, 2.45) is 0 Å². The molecule has 0 saturated carbocycles. The summed E-state index contributed by atoms with van der Waals surface area (Å²) < 4.78 is 32.2. The van der Waals surface area contributed by atoms with Crippen LogP contribution in [0.3, 0.4) is 0 Å². The maximum atomic E-state index is 12.7. The predicted molar refractivity (Wildman–Crippen MR) is 107 cm³/mol. The Morgan fingerprint density at radius 1 is 1.46 bits per heavy atom. The summed E-state index contributed by atoms with van der Waals surface area (Å²) in [6, 6.07) is 1.65. The molecule has 1 aromatic carbocycles. The third kappa shape index (κ3) is 5.73. The van der Waals surface area contributed by atoms with Crippen LogP contribution < -0.4 is 10.1 Å². The number of hydrogen-bond acceptors (Lipinski definition) is 7. The van der Waals surface area contributed by atoms with Crippen LogP contribution in [0.4, 0.5) is 0 Å². The number of phenolic OH excluding ortho intramolecular Hbond substituents is 1. The maximum Gasteiger partial charge on any atom is 0.264 e. The van der Waals surface area contributed by atoms with Gasteiger partial charge in [-0.2, -0.15) is 8.42 Å². The minimum absolute atomic E-state index is 0.0248. The highest BCUT2D eigenvalue weighted by molar-refractivity contribution is 7.85. The highest BCUT2D eigenvalue weighted by Crippen LogP contribution is 2.38. The van der Waals surface area contributed by atoms with Crippen LogP contribution in [0, 0.1) is 0 Å². The summed E-state index contributed by atoms with van der Waals surface area (Å²) >= 11 is 6.19. The van der Waals surface area contributed by atoms with E-state index in [-0.39, 0.29) is 34.7 Å². The van der Waals surface area contributed by atoms with Gasteiger partial charge in [0, 0.05) is 19.1 Å². The van der Waals surface area contributed by atoms with Gasteiger partial charge in [-0.1, -0.05) is 18.5 Å². The molecule has 8 nitrogen and oxygen atoms in total. The van der Waals surface area contributed by atoms with Crippen LogP contribution >= 0.6 is 11.6 Å². The Balaban J connectivity index is 2.04. The van der Waals surface area contributed by atoms with Crippen molar-refractivity contribution in [3.8, 4) is 11.5 Å². The van der Waals surface area contributed by atoms with E-state index in [2.05, 4.69) is 10.2 Å². The molecule has 2 rings (SSSR count). The van der Waals surface area contributed by atoms with E-state index in [4.69, 9.17) is 20.5 Å². The van der Waals surface area contributed by atoms with Gasteiger partial charge in [0.1, 0.15) is 11.3 Å². The third-order valence-corrected chi connectivity index (χ3v) is 5.65. The zero-order chi connectivity index (χ0) is 20.9. The quantitative estimate of drug-likeness (QED) is 0.571. The van der Waals surface area contributed by atoms with Crippen LogP contribution in [0.25, 0.3) is 0 Å². The highest BCUT2D eigenvalue weighted by atomic mass is 35.5. The Bertz CT molecular complexity index is 815. The number of methoxy groups -OCH3 is 1.